The molecule has 1 aromatic rings. The number of nitro groups is 1. The van der Waals surface area contributed by atoms with E-state index in [4.69, 9.17) is 5.73 Å². The Kier molecular flexibility index (Phi) is 3.47. The fourth-order valence-electron chi connectivity index (χ4n) is 2.11. The van der Waals surface area contributed by atoms with E-state index in [-0.39, 0.29) is 28.5 Å². The molecular weight excluding hydrogens is 282 g/mol. The summed E-state index contributed by atoms with van der Waals surface area (Å²) in [6.45, 7) is 4.38. The number of benzene rings is 1. The van der Waals surface area contributed by atoms with Crippen molar-refractivity contribution in [1.29, 1.82) is 0 Å². The zero-order valence-corrected chi connectivity index (χ0v) is 12.1. The van der Waals surface area contributed by atoms with Gasteiger partial charge in [0.15, 0.2) is 4.90 Å². The molecule has 0 aliphatic heterocycles. The molecule has 20 heavy (non-hydrogen) atoms. The number of nitrogens with one attached hydrogen (secondary N) is 1. The average Bonchev–Trinajstić information content (AvgIpc) is 2.94. The standard InChI is InChI=1S/C12H17N3O4S/c1-12(2)6-8(12)7-14-20(18,19)11-5-9(13)3-4-10(11)15(16)17/h3-5,8,14H,6-7,13H2,1-2H3. The van der Waals surface area contributed by atoms with Crippen molar-refractivity contribution in [3.05, 3.63) is 28.3 Å². The Balaban J connectivity index is 2.25. The molecule has 1 aromatic carbocycles. The Bertz CT molecular complexity index is 655. The van der Waals surface area contributed by atoms with Crippen molar-refractivity contribution >= 4 is 21.4 Å². The molecule has 0 radical (unpaired) electrons. The summed E-state index contributed by atoms with van der Waals surface area (Å²) >= 11 is 0. The predicted octanol–water partition coefficient (Wildman–Crippen LogP) is 1.50. The highest BCUT2D eigenvalue weighted by Crippen LogP contribution is 2.51. The van der Waals surface area contributed by atoms with E-state index in [2.05, 4.69) is 18.6 Å². The number of sulfonamides is 1. The topological polar surface area (TPSA) is 115 Å². The van der Waals surface area contributed by atoms with Crippen LogP contribution in [0.25, 0.3) is 0 Å². The molecule has 0 spiro atoms. The molecular formula is C12H17N3O4S. The van der Waals surface area contributed by atoms with Gasteiger partial charge in [0.1, 0.15) is 0 Å². The lowest BCUT2D eigenvalue weighted by atomic mass is 10.1. The summed E-state index contributed by atoms with van der Waals surface area (Å²) in [6, 6.07) is 3.52. The van der Waals surface area contributed by atoms with Crippen LogP contribution in [-0.2, 0) is 10.0 Å². The van der Waals surface area contributed by atoms with E-state index < -0.39 is 20.6 Å². The van der Waals surface area contributed by atoms with E-state index >= 15 is 0 Å². The normalized spacial score (nSPS) is 20.6. The number of nitrogen functional groups attached to an aromatic ring is 1. The second-order valence-corrected chi connectivity index (χ2v) is 7.46. The molecule has 3 N–H and O–H groups in total. The maximum Gasteiger partial charge on any atom is 0.289 e. The fourth-order valence-corrected chi connectivity index (χ4v) is 3.39. The summed E-state index contributed by atoms with van der Waals surface area (Å²) in [5, 5.41) is 10.9. The molecule has 0 heterocycles. The van der Waals surface area contributed by atoms with Gasteiger partial charge >= 0.3 is 0 Å². The van der Waals surface area contributed by atoms with Crippen molar-refractivity contribution in [2.75, 3.05) is 12.3 Å². The quantitative estimate of drug-likeness (QED) is 0.485. The smallest absolute Gasteiger partial charge is 0.289 e. The molecule has 0 amide bonds. The van der Waals surface area contributed by atoms with E-state index in [1.54, 1.807) is 0 Å². The van der Waals surface area contributed by atoms with Crippen molar-refractivity contribution < 1.29 is 13.3 Å². The van der Waals surface area contributed by atoms with Crippen molar-refractivity contribution in [1.82, 2.24) is 4.72 Å². The Morgan fingerprint density at radius 3 is 2.60 bits per heavy atom. The number of nitrogens with two attached hydrogens (primary N) is 1. The first-order valence-electron chi connectivity index (χ1n) is 6.17. The van der Waals surface area contributed by atoms with Crippen LogP contribution in [0.2, 0.25) is 0 Å². The summed E-state index contributed by atoms with van der Waals surface area (Å²) in [5.74, 6) is 0.261. The van der Waals surface area contributed by atoms with Crippen LogP contribution in [0.4, 0.5) is 11.4 Å². The number of hydrogen-bond acceptors (Lipinski definition) is 5. The second kappa shape index (κ2) is 4.71. The number of rotatable bonds is 5. The van der Waals surface area contributed by atoms with Crippen LogP contribution < -0.4 is 10.5 Å². The average molecular weight is 299 g/mol. The zero-order valence-electron chi connectivity index (χ0n) is 11.3. The minimum Gasteiger partial charge on any atom is -0.399 e. The summed E-state index contributed by atoms with van der Waals surface area (Å²) in [6.07, 6.45) is 0.939. The molecule has 0 saturated heterocycles. The monoisotopic (exact) mass is 299 g/mol. The van der Waals surface area contributed by atoms with Crippen molar-refractivity contribution in [3.63, 3.8) is 0 Å². The van der Waals surface area contributed by atoms with Crippen molar-refractivity contribution in [3.8, 4) is 0 Å². The van der Waals surface area contributed by atoms with Crippen LogP contribution in [0.1, 0.15) is 20.3 Å². The molecule has 1 aliphatic carbocycles. The number of hydrogen-bond donors (Lipinski definition) is 2. The Hall–Kier alpha value is -1.67. The summed E-state index contributed by atoms with van der Waals surface area (Å²) in [7, 11) is -3.94. The highest BCUT2D eigenvalue weighted by atomic mass is 32.2. The van der Waals surface area contributed by atoms with Gasteiger partial charge in [0, 0.05) is 18.3 Å². The highest BCUT2D eigenvalue weighted by Gasteiger charge is 2.45. The van der Waals surface area contributed by atoms with Crippen LogP contribution >= 0.6 is 0 Å². The number of anilines is 1. The van der Waals surface area contributed by atoms with E-state index in [1.807, 2.05) is 0 Å². The van der Waals surface area contributed by atoms with E-state index in [0.717, 1.165) is 18.6 Å². The van der Waals surface area contributed by atoms with Gasteiger partial charge in [0.05, 0.1) is 4.92 Å². The van der Waals surface area contributed by atoms with Gasteiger partial charge < -0.3 is 5.73 Å². The van der Waals surface area contributed by atoms with Crippen molar-refractivity contribution in [2.45, 2.75) is 25.2 Å². The molecule has 1 unspecified atom stereocenters. The number of nitrogens with zero attached hydrogens (tertiary/aromatic N) is 1. The molecule has 0 aromatic heterocycles. The number of nitro benzene ring substituents is 1. The molecule has 0 bridgehead atoms. The van der Waals surface area contributed by atoms with Gasteiger partial charge in [0.25, 0.3) is 5.69 Å². The zero-order chi connectivity index (χ0) is 15.1. The molecule has 8 heteroatoms. The van der Waals surface area contributed by atoms with Crippen LogP contribution in [0.15, 0.2) is 23.1 Å². The third-order valence-corrected chi connectivity index (χ3v) is 5.16. The van der Waals surface area contributed by atoms with Gasteiger partial charge in [-0.1, -0.05) is 13.8 Å². The minimum atomic E-state index is -3.94. The maximum atomic E-state index is 12.2. The summed E-state index contributed by atoms with van der Waals surface area (Å²) in [4.78, 5) is 9.79. The fraction of sp³-hybridized carbons (Fsp3) is 0.500. The Labute approximate surface area is 117 Å². The highest BCUT2D eigenvalue weighted by molar-refractivity contribution is 7.89. The molecule has 110 valence electrons. The van der Waals surface area contributed by atoms with Gasteiger partial charge in [-0.3, -0.25) is 10.1 Å². The van der Waals surface area contributed by atoms with E-state index in [0.29, 0.717) is 0 Å². The third-order valence-electron chi connectivity index (χ3n) is 3.71. The lowest BCUT2D eigenvalue weighted by molar-refractivity contribution is -0.387. The van der Waals surface area contributed by atoms with E-state index in [1.165, 1.54) is 6.07 Å². The van der Waals surface area contributed by atoms with E-state index in [9.17, 15) is 18.5 Å². The molecule has 1 aliphatic rings. The van der Waals surface area contributed by atoms with Crippen LogP contribution in [-0.4, -0.2) is 19.9 Å². The molecule has 1 saturated carbocycles. The SMILES string of the molecule is CC1(C)CC1CNS(=O)(=O)c1cc(N)ccc1[N+](=O)[O-]. The van der Waals surface area contributed by atoms with Crippen LogP contribution in [0.5, 0.6) is 0 Å². The van der Waals surface area contributed by atoms with Gasteiger partial charge in [-0.2, -0.15) is 0 Å². The van der Waals surface area contributed by atoms with Crippen LogP contribution in [0.3, 0.4) is 0 Å². The predicted molar refractivity (Wildman–Crippen MR) is 74.6 cm³/mol. The lowest BCUT2D eigenvalue weighted by Crippen LogP contribution is -2.27. The maximum absolute atomic E-state index is 12.2. The molecule has 1 fully saturated rings. The molecule has 7 nitrogen and oxygen atoms in total. The third kappa shape index (κ3) is 2.91. The minimum absolute atomic E-state index is 0.129. The largest absolute Gasteiger partial charge is 0.399 e. The first-order valence-corrected chi connectivity index (χ1v) is 7.65. The van der Waals surface area contributed by atoms with Gasteiger partial charge in [-0.05, 0) is 29.9 Å². The van der Waals surface area contributed by atoms with Crippen LogP contribution in [0, 0.1) is 21.4 Å². The Morgan fingerprint density at radius 1 is 1.50 bits per heavy atom. The summed E-state index contributed by atoms with van der Waals surface area (Å²) < 4.78 is 26.8. The first-order chi connectivity index (χ1) is 9.13. The second-order valence-electron chi connectivity index (χ2n) is 5.73. The van der Waals surface area contributed by atoms with Crippen molar-refractivity contribution in [2.24, 2.45) is 11.3 Å². The Morgan fingerprint density at radius 2 is 2.10 bits per heavy atom. The van der Waals surface area contributed by atoms with Gasteiger partial charge in [0.2, 0.25) is 10.0 Å². The first kappa shape index (κ1) is 14.7. The summed E-state index contributed by atoms with van der Waals surface area (Å²) in [5.41, 5.74) is 5.35. The van der Waals surface area contributed by atoms with Gasteiger partial charge in [-0.15, -0.1) is 0 Å². The van der Waals surface area contributed by atoms with Gasteiger partial charge in [-0.25, -0.2) is 13.1 Å². The molecule has 1 atom stereocenters. The molecule has 2 rings (SSSR count). The lowest BCUT2D eigenvalue weighted by Gasteiger charge is -2.09.